The molecule has 5 heteroatoms. The van der Waals surface area contributed by atoms with Crippen molar-refractivity contribution >= 4 is 17.0 Å². The first-order chi connectivity index (χ1) is 8.17. The third kappa shape index (κ3) is 1.76. The van der Waals surface area contributed by atoms with Gasteiger partial charge in [0.2, 0.25) is 0 Å². The lowest BCUT2D eigenvalue weighted by atomic mass is 9.80. The molecule has 1 aliphatic rings. The molecule has 2 aromatic heterocycles. The molecule has 0 radical (unpaired) electrons. The van der Waals surface area contributed by atoms with Gasteiger partial charge in [0.1, 0.15) is 11.6 Å². The van der Waals surface area contributed by atoms with Crippen LogP contribution >= 0.6 is 0 Å². The minimum absolute atomic E-state index is 0.126. The third-order valence-corrected chi connectivity index (χ3v) is 3.65. The van der Waals surface area contributed by atoms with Crippen LogP contribution in [-0.4, -0.2) is 28.0 Å². The van der Waals surface area contributed by atoms with Crippen molar-refractivity contribution in [3.8, 4) is 0 Å². The largest absolute Gasteiger partial charge is 0.384 e. The number of nitrogens with one attached hydrogen (secondary N) is 2. The van der Waals surface area contributed by atoms with E-state index in [9.17, 15) is 0 Å². The number of aromatic nitrogens is 3. The van der Waals surface area contributed by atoms with Gasteiger partial charge in [-0.3, -0.25) is 0 Å². The molecule has 0 aliphatic carbocycles. The summed E-state index contributed by atoms with van der Waals surface area (Å²) in [6.45, 7) is 4.35. The zero-order valence-corrected chi connectivity index (χ0v) is 9.95. The maximum atomic E-state index is 5.67. The van der Waals surface area contributed by atoms with Gasteiger partial charge in [0.25, 0.3) is 0 Å². The second-order valence-corrected chi connectivity index (χ2v) is 5.00. The van der Waals surface area contributed by atoms with E-state index in [1.807, 2.05) is 6.07 Å². The summed E-state index contributed by atoms with van der Waals surface area (Å²) >= 11 is 0. The van der Waals surface area contributed by atoms with Crippen LogP contribution in [0.1, 0.15) is 25.6 Å². The van der Waals surface area contributed by atoms with Gasteiger partial charge in [-0.05, 0) is 38.1 Å². The van der Waals surface area contributed by atoms with E-state index in [1.165, 1.54) is 0 Å². The molecule has 0 atom stereocenters. The number of imidazole rings is 1. The fourth-order valence-corrected chi connectivity index (χ4v) is 2.41. The van der Waals surface area contributed by atoms with E-state index in [2.05, 4.69) is 27.2 Å². The molecule has 17 heavy (non-hydrogen) atoms. The molecule has 3 heterocycles. The summed E-state index contributed by atoms with van der Waals surface area (Å²) in [6, 6.07) is 3.74. The van der Waals surface area contributed by atoms with Crippen molar-refractivity contribution in [1.82, 2.24) is 20.3 Å². The Bertz CT molecular complexity index is 539. The van der Waals surface area contributed by atoms with Crippen LogP contribution in [0.5, 0.6) is 0 Å². The zero-order chi connectivity index (χ0) is 11.9. The molecule has 1 aliphatic heterocycles. The first-order valence-corrected chi connectivity index (χ1v) is 6.01. The number of pyridine rings is 1. The van der Waals surface area contributed by atoms with Gasteiger partial charge in [-0.25, -0.2) is 9.97 Å². The lowest BCUT2D eigenvalue weighted by molar-refractivity contribution is 0.321. The quantitative estimate of drug-likeness (QED) is 0.688. The highest BCUT2D eigenvalue weighted by molar-refractivity contribution is 5.72. The van der Waals surface area contributed by atoms with Crippen LogP contribution in [0.3, 0.4) is 0 Å². The average molecular weight is 231 g/mol. The number of nitrogens with two attached hydrogens (primary N) is 1. The number of hydrogen-bond donors (Lipinski definition) is 3. The molecule has 90 valence electrons. The molecule has 0 aromatic carbocycles. The molecular formula is C12H17N5. The van der Waals surface area contributed by atoms with E-state index < -0.39 is 0 Å². The number of piperidine rings is 1. The summed E-state index contributed by atoms with van der Waals surface area (Å²) in [5.74, 6) is 1.55. The van der Waals surface area contributed by atoms with Crippen LogP contribution < -0.4 is 11.1 Å². The van der Waals surface area contributed by atoms with E-state index in [-0.39, 0.29) is 5.41 Å². The smallest absolute Gasteiger partial charge is 0.179 e. The van der Waals surface area contributed by atoms with Crippen LogP contribution in [0.25, 0.3) is 11.2 Å². The summed E-state index contributed by atoms with van der Waals surface area (Å²) < 4.78 is 0. The summed E-state index contributed by atoms with van der Waals surface area (Å²) in [7, 11) is 0. The molecule has 0 amide bonds. The third-order valence-electron chi connectivity index (χ3n) is 3.65. The highest BCUT2D eigenvalue weighted by Gasteiger charge is 2.31. The Morgan fingerprint density at radius 3 is 2.76 bits per heavy atom. The van der Waals surface area contributed by atoms with E-state index in [0.717, 1.165) is 42.9 Å². The molecular weight excluding hydrogens is 214 g/mol. The number of aromatic amines is 1. The number of H-pyrrole nitrogens is 1. The average Bonchev–Trinajstić information content (AvgIpc) is 2.73. The van der Waals surface area contributed by atoms with Crippen molar-refractivity contribution in [2.24, 2.45) is 0 Å². The second-order valence-electron chi connectivity index (χ2n) is 5.00. The Hall–Kier alpha value is -1.62. The maximum Gasteiger partial charge on any atom is 0.179 e. The van der Waals surface area contributed by atoms with Crippen molar-refractivity contribution in [3.63, 3.8) is 0 Å². The summed E-state index contributed by atoms with van der Waals surface area (Å²) in [6.07, 6.45) is 2.20. The fourth-order valence-electron chi connectivity index (χ4n) is 2.41. The molecule has 3 rings (SSSR count). The van der Waals surface area contributed by atoms with Crippen LogP contribution in [-0.2, 0) is 5.41 Å². The Morgan fingerprint density at radius 2 is 2.00 bits per heavy atom. The number of fused-ring (bicyclic) bond motifs is 1. The standard InChI is InChI=1S/C12H17N5/c1-12(4-6-14-7-5-12)11-15-8-2-3-9(13)16-10(8)17-11/h2-3,14H,4-7H2,1H3,(H3,13,15,16,17). The maximum absolute atomic E-state index is 5.67. The lowest BCUT2D eigenvalue weighted by Gasteiger charge is -2.31. The van der Waals surface area contributed by atoms with Crippen molar-refractivity contribution in [3.05, 3.63) is 18.0 Å². The van der Waals surface area contributed by atoms with Gasteiger partial charge in [-0.2, -0.15) is 0 Å². The summed E-state index contributed by atoms with van der Waals surface area (Å²) in [4.78, 5) is 12.2. The zero-order valence-electron chi connectivity index (χ0n) is 9.95. The number of nitrogens with zero attached hydrogens (tertiary/aromatic N) is 2. The van der Waals surface area contributed by atoms with Crippen molar-refractivity contribution in [1.29, 1.82) is 0 Å². The number of anilines is 1. The molecule has 0 bridgehead atoms. The van der Waals surface area contributed by atoms with Gasteiger partial charge in [-0.1, -0.05) is 6.92 Å². The van der Waals surface area contributed by atoms with Gasteiger partial charge < -0.3 is 16.0 Å². The van der Waals surface area contributed by atoms with Crippen LogP contribution in [0, 0.1) is 0 Å². The second kappa shape index (κ2) is 3.70. The van der Waals surface area contributed by atoms with E-state index >= 15 is 0 Å². The van der Waals surface area contributed by atoms with Crippen molar-refractivity contribution in [2.45, 2.75) is 25.2 Å². The van der Waals surface area contributed by atoms with Crippen LogP contribution in [0.15, 0.2) is 12.1 Å². The predicted octanol–water partition coefficient (Wildman–Crippen LogP) is 1.18. The molecule has 1 saturated heterocycles. The number of hydrogen-bond acceptors (Lipinski definition) is 4. The molecule has 5 nitrogen and oxygen atoms in total. The number of rotatable bonds is 1. The van der Waals surface area contributed by atoms with Gasteiger partial charge >= 0.3 is 0 Å². The SMILES string of the molecule is CC1(c2nc3nc(N)ccc3[nH]2)CCNCC1. The highest BCUT2D eigenvalue weighted by atomic mass is 15.0. The van der Waals surface area contributed by atoms with Gasteiger partial charge in [0, 0.05) is 5.41 Å². The van der Waals surface area contributed by atoms with E-state index in [4.69, 9.17) is 5.73 Å². The minimum Gasteiger partial charge on any atom is -0.384 e. The first kappa shape index (κ1) is 10.5. The minimum atomic E-state index is 0.126. The monoisotopic (exact) mass is 231 g/mol. The molecule has 0 saturated carbocycles. The fraction of sp³-hybridized carbons (Fsp3) is 0.500. The molecule has 4 N–H and O–H groups in total. The topological polar surface area (TPSA) is 79.6 Å². The van der Waals surface area contributed by atoms with E-state index in [0.29, 0.717) is 5.82 Å². The predicted molar refractivity (Wildman–Crippen MR) is 67.8 cm³/mol. The van der Waals surface area contributed by atoms with Gasteiger partial charge in [-0.15, -0.1) is 0 Å². The van der Waals surface area contributed by atoms with Gasteiger partial charge in [0.15, 0.2) is 5.65 Å². The lowest BCUT2D eigenvalue weighted by Crippen LogP contribution is -2.38. The Labute approximate surface area is 99.8 Å². The summed E-state index contributed by atoms with van der Waals surface area (Å²) in [5.41, 5.74) is 7.48. The molecule has 2 aromatic rings. The normalized spacial score (nSPS) is 19.6. The Balaban J connectivity index is 2.05. The number of nitrogen functional groups attached to an aromatic ring is 1. The molecule has 0 spiro atoms. The Morgan fingerprint density at radius 1 is 1.24 bits per heavy atom. The van der Waals surface area contributed by atoms with Crippen LogP contribution in [0.2, 0.25) is 0 Å². The Kier molecular flexibility index (Phi) is 2.29. The van der Waals surface area contributed by atoms with Crippen molar-refractivity contribution < 1.29 is 0 Å². The molecule has 1 fully saturated rings. The van der Waals surface area contributed by atoms with Crippen LogP contribution in [0.4, 0.5) is 5.82 Å². The first-order valence-electron chi connectivity index (χ1n) is 6.01. The van der Waals surface area contributed by atoms with Crippen molar-refractivity contribution in [2.75, 3.05) is 18.8 Å². The van der Waals surface area contributed by atoms with E-state index in [1.54, 1.807) is 6.07 Å². The summed E-state index contributed by atoms with van der Waals surface area (Å²) in [5, 5.41) is 3.38. The molecule has 0 unspecified atom stereocenters. The highest BCUT2D eigenvalue weighted by Crippen LogP contribution is 2.31. The van der Waals surface area contributed by atoms with Gasteiger partial charge in [0.05, 0.1) is 5.52 Å².